The molecule has 0 saturated heterocycles. The van der Waals surface area contributed by atoms with E-state index in [-0.39, 0.29) is 6.54 Å². The Morgan fingerprint density at radius 1 is 1.12 bits per heavy atom. The molecular weight excluding hydrogens is 240 g/mol. The number of furan rings is 1. The zero-order chi connectivity index (χ0) is 12.4. The molecule has 0 radical (unpaired) electrons. The third-order valence-corrected chi connectivity index (χ3v) is 2.05. The second-order valence-electron chi connectivity index (χ2n) is 3.18. The first kappa shape index (κ1) is 11.4. The van der Waals surface area contributed by atoms with E-state index in [2.05, 4.69) is 10.3 Å². The minimum Gasteiger partial charge on any atom is -0.472 e. The van der Waals surface area contributed by atoms with Crippen LogP contribution in [0.1, 0.15) is 5.56 Å². The van der Waals surface area contributed by atoms with Crippen molar-refractivity contribution in [3.05, 3.63) is 47.7 Å². The lowest BCUT2D eigenvalue weighted by Crippen LogP contribution is -2.09. The summed E-state index contributed by atoms with van der Waals surface area (Å²) >= 11 is 0. The summed E-state index contributed by atoms with van der Waals surface area (Å²) in [7, 11) is 0. The van der Waals surface area contributed by atoms with E-state index in [1.807, 2.05) is 0 Å². The van der Waals surface area contributed by atoms with E-state index in [0.717, 1.165) is 0 Å². The number of nitrogens with one attached hydrogen (secondary N) is 1. The highest BCUT2D eigenvalue weighted by atomic mass is 19.2. The van der Waals surface area contributed by atoms with E-state index >= 15 is 0 Å². The Labute approximate surface area is 93.1 Å². The van der Waals surface area contributed by atoms with E-state index in [1.54, 1.807) is 0 Å². The van der Waals surface area contributed by atoms with Gasteiger partial charge in [-0.2, -0.15) is 22.5 Å². The van der Waals surface area contributed by atoms with Crippen molar-refractivity contribution in [2.75, 3.05) is 5.32 Å². The largest absolute Gasteiger partial charge is 0.472 e. The fourth-order valence-electron chi connectivity index (χ4n) is 1.23. The molecule has 2 aromatic heterocycles. The average molecular weight is 246 g/mol. The summed E-state index contributed by atoms with van der Waals surface area (Å²) in [4.78, 5) is 2.44. The summed E-state index contributed by atoms with van der Waals surface area (Å²) < 4.78 is 56.5. The maximum atomic E-state index is 13.1. The normalized spacial score (nSPS) is 10.6. The van der Waals surface area contributed by atoms with Gasteiger partial charge < -0.3 is 9.73 Å². The third-order valence-electron chi connectivity index (χ3n) is 2.05. The minimum absolute atomic E-state index is 0.0345. The van der Waals surface area contributed by atoms with Gasteiger partial charge in [-0.3, -0.25) is 0 Å². The Bertz CT molecular complexity index is 501. The summed E-state index contributed by atoms with van der Waals surface area (Å²) in [6.07, 6.45) is 2.69. The zero-order valence-corrected chi connectivity index (χ0v) is 8.31. The monoisotopic (exact) mass is 246 g/mol. The van der Waals surface area contributed by atoms with Crippen LogP contribution in [0.5, 0.6) is 0 Å². The van der Waals surface area contributed by atoms with E-state index in [0.29, 0.717) is 5.56 Å². The topological polar surface area (TPSA) is 38.1 Å². The SMILES string of the molecule is Fc1nc(F)c(F)c(NCc2ccoc2)c1F. The molecule has 7 heteroatoms. The van der Waals surface area contributed by atoms with Crippen LogP contribution in [0.15, 0.2) is 23.0 Å². The predicted octanol–water partition coefficient (Wildman–Crippen LogP) is 2.84. The molecule has 1 N–H and O–H groups in total. The molecule has 0 amide bonds. The molecule has 0 unspecified atom stereocenters. The fraction of sp³-hybridized carbons (Fsp3) is 0.100. The van der Waals surface area contributed by atoms with Gasteiger partial charge in [0.15, 0.2) is 0 Å². The van der Waals surface area contributed by atoms with Gasteiger partial charge in [-0.15, -0.1) is 0 Å². The predicted molar refractivity (Wildman–Crippen MR) is 50.1 cm³/mol. The van der Waals surface area contributed by atoms with Crippen LogP contribution >= 0.6 is 0 Å². The van der Waals surface area contributed by atoms with Crippen molar-refractivity contribution in [1.82, 2.24) is 4.98 Å². The highest BCUT2D eigenvalue weighted by Gasteiger charge is 2.20. The van der Waals surface area contributed by atoms with Gasteiger partial charge in [-0.1, -0.05) is 0 Å². The molecule has 3 nitrogen and oxygen atoms in total. The third kappa shape index (κ3) is 2.22. The van der Waals surface area contributed by atoms with E-state index < -0.39 is 29.2 Å². The molecule has 0 aliphatic heterocycles. The Morgan fingerprint density at radius 3 is 2.29 bits per heavy atom. The van der Waals surface area contributed by atoms with Gasteiger partial charge in [-0.25, -0.2) is 0 Å². The van der Waals surface area contributed by atoms with Gasteiger partial charge in [0.25, 0.3) is 11.9 Å². The summed E-state index contributed by atoms with van der Waals surface area (Å²) in [5.41, 5.74) is -0.322. The number of pyridine rings is 1. The molecule has 2 aromatic rings. The van der Waals surface area contributed by atoms with E-state index in [9.17, 15) is 17.6 Å². The van der Waals surface area contributed by atoms with Crippen LogP contribution < -0.4 is 5.32 Å². The standard InChI is InChI=1S/C10H6F4N2O/c11-6-8(7(12)10(14)16-9(6)13)15-3-5-1-2-17-4-5/h1-2,4H,3H2,(H,15,16). The molecule has 90 valence electrons. The first-order valence-electron chi connectivity index (χ1n) is 4.54. The van der Waals surface area contributed by atoms with Gasteiger partial charge in [0.1, 0.15) is 5.69 Å². The summed E-state index contributed by atoms with van der Waals surface area (Å²) in [5, 5.41) is 2.24. The Balaban J connectivity index is 2.26. The number of aromatic nitrogens is 1. The van der Waals surface area contributed by atoms with Crippen molar-refractivity contribution in [2.24, 2.45) is 0 Å². The number of hydrogen-bond acceptors (Lipinski definition) is 3. The summed E-state index contributed by atoms with van der Waals surface area (Å²) in [6.45, 7) is -0.0345. The second-order valence-corrected chi connectivity index (χ2v) is 3.18. The van der Waals surface area contributed by atoms with Gasteiger partial charge >= 0.3 is 0 Å². The van der Waals surface area contributed by atoms with Gasteiger partial charge in [0.05, 0.1) is 12.5 Å². The quantitative estimate of drug-likeness (QED) is 0.668. The van der Waals surface area contributed by atoms with Crippen LogP contribution in [0.25, 0.3) is 0 Å². The van der Waals surface area contributed by atoms with Crippen molar-refractivity contribution < 1.29 is 22.0 Å². The summed E-state index contributed by atoms with van der Waals surface area (Å²) in [5.74, 6) is -6.52. The molecule has 0 aromatic carbocycles. The molecular formula is C10H6F4N2O. The lowest BCUT2D eigenvalue weighted by molar-refractivity contribution is 0.410. The molecule has 2 rings (SSSR count). The number of anilines is 1. The molecule has 0 aliphatic carbocycles. The lowest BCUT2D eigenvalue weighted by Gasteiger charge is -2.07. The Morgan fingerprint density at radius 2 is 1.76 bits per heavy atom. The van der Waals surface area contributed by atoms with Gasteiger partial charge in [0.2, 0.25) is 11.6 Å². The van der Waals surface area contributed by atoms with Crippen molar-refractivity contribution >= 4 is 5.69 Å². The molecule has 17 heavy (non-hydrogen) atoms. The smallest absolute Gasteiger partial charge is 0.253 e. The molecule has 2 heterocycles. The molecule has 0 bridgehead atoms. The molecule has 0 atom stereocenters. The van der Waals surface area contributed by atoms with Crippen LogP contribution in [0, 0.1) is 23.5 Å². The van der Waals surface area contributed by atoms with Crippen molar-refractivity contribution in [3.63, 3.8) is 0 Å². The van der Waals surface area contributed by atoms with Crippen molar-refractivity contribution in [1.29, 1.82) is 0 Å². The number of halogens is 4. The van der Waals surface area contributed by atoms with Crippen LogP contribution in [-0.2, 0) is 6.54 Å². The molecule has 0 fully saturated rings. The first-order chi connectivity index (χ1) is 8.09. The average Bonchev–Trinajstić information content (AvgIpc) is 2.79. The van der Waals surface area contributed by atoms with Crippen LogP contribution in [0.2, 0.25) is 0 Å². The minimum atomic E-state index is -1.70. The molecule has 0 spiro atoms. The summed E-state index contributed by atoms with van der Waals surface area (Å²) in [6, 6.07) is 1.54. The number of rotatable bonds is 3. The van der Waals surface area contributed by atoms with Gasteiger partial charge in [0, 0.05) is 12.1 Å². The van der Waals surface area contributed by atoms with E-state index in [4.69, 9.17) is 4.42 Å². The van der Waals surface area contributed by atoms with Crippen molar-refractivity contribution in [3.8, 4) is 0 Å². The van der Waals surface area contributed by atoms with Crippen LogP contribution in [0.4, 0.5) is 23.2 Å². The highest BCUT2D eigenvalue weighted by Crippen LogP contribution is 2.22. The van der Waals surface area contributed by atoms with Crippen LogP contribution in [-0.4, -0.2) is 4.98 Å². The molecule has 0 saturated carbocycles. The van der Waals surface area contributed by atoms with Crippen molar-refractivity contribution in [2.45, 2.75) is 6.54 Å². The Kier molecular flexibility index (Phi) is 2.99. The first-order valence-corrected chi connectivity index (χ1v) is 4.54. The van der Waals surface area contributed by atoms with E-state index in [1.165, 1.54) is 18.6 Å². The highest BCUT2D eigenvalue weighted by molar-refractivity contribution is 5.45. The van der Waals surface area contributed by atoms with Crippen LogP contribution in [0.3, 0.4) is 0 Å². The molecule has 0 aliphatic rings. The number of hydrogen-bond donors (Lipinski definition) is 1. The zero-order valence-electron chi connectivity index (χ0n) is 8.31. The maximum Gasteiger partial charge on any atom is 0.253 e. The maximum absolute atomic E-state index is 13.1. The second kappa shape index (κ2) is 4.44. The fourth-order valence-corrected chi connectivity index (χ4v) is 1.23. The number of nitrogens with zero attached hydrogens (tertiary/aromatic N) is 1. The Hall–Kier alpha value is -2.05. The lowest BCUT2D eigenvalue weighted by atomic mass is 10.3. The van der Waals surface area contributed by atoms with Gasteiger partial charge in [-0.05, 0) is 6.07 Å².